The second kappa shape index (κ2) is 8.95. The Hall–Kier alpha value is -2.40. The fourth-order valence-corrected chi connectivity index (χ4v) is 4.46. The SMILES string of the molecule is CN1CCN(C(=O)[C@H](CN)NS(=O)(=O)c2cccc(-c3cccnc3)c2F)CC1. The molecule has 0 unspecified atom stereocenters. The highest BCUT2D eigenvalue weighted by molar-refractivity contribution is 7.89. The highest BCUT2D eigenvalue weighted by Gasteiger charge is 2.31. The fourth-order valence-electron chi connectivity index (χ4n) is 3.16. The van der Waals surface area contributed by atoms with Gasteiger partial charge >= 0.3 is 0 Å². The van der Waals surface area contributed by atoms with Gasteiger partial charge in [0.1, 0.15) is 10.9 Å². The molecule has 1 aromatic carbocycles. The maximum Gasteiger partial charge on any atom is 0.244 e. The summed E-state index contributed by atoms with van der Waals surface area (Å²) in [6.07, 6.45) is 2.99. The number of sulfonamides is 1. The summed E-state index contributed by atoms with van der Waals surface area (Å²) in [7, 11) is -2.36. The molecule has 10 heteroatoms. The number of likely N-dealkylation sites (N-methyl/N-ethyl adjacent to an activating group) is 1. The Morgan fingerprint density at radius 1 is 1.24 bits per heavy atom. The van der Waals surface area contributed by atoms with Crippen molar-refractivity contribution < 1.29 is 17.6 Å². The van der Waals surface area contributed by atoms with Gasteiger partial charge in [0.25, 0.3) is 0 Å². The number of hydrogen-bond acceptors (Lipinski definition) is 6. The first kappa shape index (κ1) is 21.3. The first-order valence-electron chi connectivity index (χ1n) is 9.22. The number of carbonyl (C=O) groups excluding carboxylic acids is 1. The third-order valence-corrected chi connectivity index (χ3v) is 6.36. The lowest BCUT2D eigenvalue weighted by Crippen LogP contribution is -2.56. The highest BCUT2D eigenvalue weighted by Crippen LogP contribution is 2.26. The van der Waals surface area contributed by atoms with Crippen LogP contribution >= 0.6 is 0 Å². The lowest BCUT2D eigenvalue weighted by atomic mass is 10.1. The summed E-state index contributed by atoms with van der Waals surface area (Å²) >= 11 is 0. The Balaban J connectivity index is 1.84. The van der Waals surface area contributed by atoms with Crippen LogP contribution in [0.3, 0.4) is 0 Å². The van der Waals surface area contributed by atoms with E-state index in [-0.39, 0.29) is 12.1 Å². The van der Waals surface area contributed by atoms with Gasteiger partial charge in [-0.15, -0.1) is 0 Å². The van der Waals surface area contributed by atoms with Crippen LogP contribution in [0, 0.1) is 5.82 Å². The minimum Gasteiger partial charge on any atom is -0.339 e. The summed E-state index contributed by atoms with van der Waals surface area (Å²) in [5.74, 6) is -1.32. The number of nitrogens with two attached hydrogens (primary N) is 1. The third-order valence-electron chi connectivity index (χ3n) is 4.87. The molecule has 1 aliphatic rings. The van der Waals surface area contributed by atoms with E-state index in [1.807, 2.05) is 7.05 Å². The molecule has 1 fully saturated rings. The molecule has 0 radical (unpaired) electrons. The molecule has 0 aliphatic carbocycles. The van der Waals surface area contributed by atoms with Gasteiger partial charge in [0, 0.05) is 56.2 Å². The van der Waals surface area contributed by atoms with Crippen molar-refractivity contribution in [3.8, 4) is 11.1 Å². The van der Waals surface area contributed by atoms with Gasteiger partial charge in [0.15, 0.2) is 5.82 Å². The molecule has 0 spiro atoms. The lowest BCUT2D eigenvalue weighted by molar-refractivity contribution is -0.134. The molecule has 1 aromatic heterocycles. The third kappa shape index (κ3) is 4.78. The minimum atomic E-state index is -4.31. The Morgan fingerprint density at radius 2 is 1.97 bits per heavy atom. The number of hydrogen-bond donors (Lipinski definition) is 2. The van der Waals surface area contributed by atoms with Gasteiger partial charge in [-0.2, -0.15) is 4.72 Å². The summed E-state index contributed by atoms with van der Waals surface area (Å²) in [4.78, 5) is 19.8. The monoisotopic (exact) mass is 421 g/mol. The first-order valence-corrected chi connectivity index (χ1v) is 10.7. The van der Waals surface area contributed by atoms with Crippen molar-refractivity contribution in [3.63, 3.8) is 0 Å². The first-order chi connectivity index (χ1) is 13.8. The van der Waals surface area contributed by atoms with Gasteiger partial charge in [-0.25, -0.2) is 12.8 Å². The van der Waals surface area contributed by atoms with E-state index < -0.39 is 32.7 Å². The van der Waals surface area contributed by atoms with E-state index >= 15 is 4.39 Å². The number of piperazine rings is 1. The number of nitrogens with one attached hydrogen (secondary N) is 1. The lowest BCUT2D eigenvalue weighted by Gasteiger charge is -2.34. The molecule has 2 heterocycles. The van der Waals surface area contributed by atoms with E-state index in [0.717, 1.165) is 6.07 Å². The largest absolute Gasteiger partial charge is 0.339 e. The number of amides is 1. The van der Waals surface area contributed by atoms with Crippen molar-refractivity contribution in [2.45, 2.75) is 10.9 Å². The standard InChI is InChI=1S/C19H24FN5O3S/c1-24-8-10-25(11-9-24)19(26)16(12-21)23-29(27,28)17-6-2-5-15(18(17)20)14-4-3-7-22-13-14/h2-7,13,16,23H,8-12,21H2,1H3/t16-/m0/s1. The molecule has 0 bridgehead atoms. The van der Waals surface area contributed by atoms with Crippen molar-refractivity contribution >= 4 is 15.9 Å². The molecule has 1 atom stereocenters. The topological polar surface area (TPSA) is 109 Å². The number of halogens is 1. The van der Waals surface area contributed by atoms with Crippen LogP contribution in [-0.4, -0.2) is 74.9 Å². The van der Waals surface area contributed by atoms with Crippen molar-refractivity contribution in [2.24, 2.45) is 5.73 Å². The molecule has 0 saturated carbocycles. The highest BCUT2D eigenvalue weighted by atomic mass is 32.2. The van der Waals surface area contributed by atoms with E-state index in [9.17, 15) is 13.2 Å². The van der Waals surface area contributed by atoms with Crippen LogP contribution in [0.2, 0.25) is 0 Å². The summed E-state index contributed by atoms with van der Waals surface area (Å²) in [6.45, 7) is 2.13. The number of nitrogens with zero attached hydrogens (tertiary/aromatic N) is 3. The zero-order valence-corrected chi connectivity index (χ0v) is 16.9. The Morgan fingerprint density at radius 3 is 2.59 bits per heavy atom. The maximum absolute atomic E-state index is 15.0. The molecule has 2 aromatic rings. The molecular weight excluding hydrogens is 397 g/mol. The molecular formula is C19H24FN5O3S. The van der Waals surface area contributed by atoms with Crippen molar-refractivity contribution in [1.82, 2.24) is 19.5 Å². The van der Waals surface area contributed by atoms with E-state index in [1.54, 1.807) is 23.2 Å². The van der Waals surface area contributed by atoms with Crippen LogP contribution in [0.4, 0.5) is 4.39 Å². The zero-order valence-electron chi connectivity index (χ0n) is 16.1. The normalized spacial score (nSPS) is 16.6. The van der Waals surface area contributed by atoms with Gasteiger partial charge < -0.3 is 15.5 Å². The van der Waals surface area contributed by atoms with Crippen LogP contribution in [0.15, 0.2) is 47.6 Å². The van der Waals surface area contributed by atoms with E-state index in [0.29, 0.717) is 31.7 Å². The van der Waals surface area contributed by atoms with Gasteiger partial charge in [-0.3, -0.25) is 9.78 Å². The smallest absolute Gasteiger partial charge is 0.244 e. The molecule has 8 nitrogen and oxygen atoms in total. The van der Waals surface area contributed by atoms with E-state index in [4.69, 9.17) is 5.73 Å². The molecule has 29 heavy (non-hydrogen) atoms. The van der Waals surface area contributed by atoms with Crippen LogP contribution in [0.1, 0.15) is 0 Å². The van der Waals surface area contributed by atoms with Crippen LogP contribution in [-0.2, 0) is 14.8 Å². The average Bonchev–Trinajstić information content (AvgIpc) is 2.73. The average molecular weight is 421 g/mol. The van der Waals surface area contributed by atoms with Gasteiger partial charge in [-0.05, 0) is 19.2 Å². The number of aromatic nitrogens is 1. The summed E-state index contributed by atoms with van der Waals surface area (Å²) in [5.41, 5.74) is 6.22. The molecule has 156 valence electrons. The molecule has 1 saturated heterocycles. The Labute approximate surface area is 169 Å². The molecule has 3 rings (SSSR count). The number of pyridine rings is 1. The quantitative estimate of drug-likeness (QED) is 0.693. The molecule has 1 aliphatic heterocycles. The number of carbonyl (C=O) groups is 1. The second-order valence-electron chi connectivity index (χ2n) is 6.90. The second-order valence-corrected chi connectivity index (χ2v) is 8.58. The predicted molar refractivity (Wildman–Crippen MR) is 107 cm³/mol. The van der Waals surface area contributed by atoms with Gasteiger partial charge in [0.05, 0.1) is 0 Å². The van der Waals surface area contributed by atoms with Crippen LogP contribution < -0.4 is 10.5 Å². The van der Waals surface area contributed by atoms with Crippen LogP contribution in [0.5, 0.6) is 0 Å². The van der Waals surface area contributed by atoms with Crippen molar-refractivity contribution in [2.75, 3.05) is 39.8 Å². The molecule has 1 amide bonds. The van der Waals surface area contributed by atoms with Gasteiger partial charge in [0.2, 0.25) is 15.9 Å². The maximum atomic E-state index is 15.0. The van der Waals surface area contributed by atoms with Crippen molar-refractivity contribution in [3.05, 3.63) is 48.5 Å². The summed E-state index contributed by atoms with van der Waals surface area (Å²) in [6, 6.07) is 6.18. The predicted octanol–water partition coefficient (Wildman–Crippen LogP) is 0.267. The van der Waals surface area contributed by atoms with Gasteiger partial charge in [-0.1, -0.05) is 18.2 Å². The fraction of sp³-hybridized carbons (Fsp3) is 0.368. The number of rotatable bonds is 6. The Bertz CT molecular complexity index is 963. The number of benzene rings is 1. The van der Waals surface area contributed by atoms with E-state index in [2.05, 4.69) is 14.6 Å². The zero-order chi connectivity index (χ0) is 21.0. The van der Waals surface area contributed by atoms with Crippen LogP contribution in [0.25, 0.3) is 11.1 Å². The Kier molecular flexibility index (Phi) is 6.58. The molecule has 3 N–H and O–H groups in total. The van der Waals surface area contributed by atoms with Crippen molar-refractivity contribution in [1.29, 1.82) is 0 Å². The minimum absolute atomic E-state index is 0.107. The summed E-state index contributed by atoms with van der Waals surface area (Å²) < 4.78 is 43.0. The van der Waals surface area contributed by atoms with E-state index in [1.165, 1.54) is 18.3 Å². The summed E-state index contributed by atoms with van der Waals surface area (Å²) in [5, 5.41) is 0.